The van der Waals surface area contributed by atoms with Crippen molar-refractivity contribution < 1.29 is 14.0 Å². The number of fused-ring (bicyclic) bond motifs is 5. The van der Waals surface area contributed by atoms with Crippen LogP contribution in [0, 0.1) is 0 Å². The molecule has 40 heavy (non-hydrogen) atoms. The van der Waals surface area contributed by atoms with Crippen LogP contribution in [-0.4, -0.2) is 23.0 Å². The summed E-state index contributed by atoms with van der Waals surface area (Å²) in [6.07, 6.45) is 0.329. The lowest BCUT2D eigenvalue weighted by Gasteiger charge is -2.38. The van der Waals surface area contributed by atoms with Gasteiger partial charge in [-0.25, -0.2) is 5.01 Å². The molecular weight excluding hydrogens is 498 g/mol. The van der Waals surface area contributed by atoms with Crippen LogP contribution >= 0.6 is 0 Å². The summed E-state index contributed by atoms with van der Waals surface area (Å²) < 4.78 is 18.4. The molecular formula is C34H25N3O3. The molecule has 8 rings (SSSR count). The smallest absolute Gasteiger partial charge is 0.214 e. The molecule has 6 aromatic rings. The van der Waals surface area contributed by atoms with Gasteiger partial charge in [0, 0.05) is 23.1 Å². The van der Waals surface area contributed by atoms with E-state index in [-0.39, 0.29) is 6.04 Å². The van der Waals surface area contributed by atoms with E-state index in [0.29, 0.717) is 0 Å². The predicted octanol–water partition coefficient (Wildman–Crippen LogP) is 7.90. The number of hydrogen-bond acceptors (Lipinski definition) is 6. The van der Waals surface area contributed by atoms with Crippen molar-refractivity contribution >= 4 is 27.4 Å². The number of hydrogen-bond donors (Lipinski definition) is 0. The SMILES string of the molecule is COc1cccc2c1OC(c1ccc3noc(-c4cccc5ccccc45)c3c1)N1N=C(c3ccccc3)CC21. The first-order valence-corrected chi connectivity index (χ1v) is 13.4. The van der Waals surface area contributed by atoms with Gasteiger partial charge in [0.15, 0.2) is 17.3 Å². The molecule has 2 aliphatic rings. The van der Waals surface area contributed by atoms with Gasteiger partial charge in [0.2, 0.25) is 6.23 Å². The summed E-state index contributed by atoms with van der Waals surface area (Å²) in [7, 11) is 1.68. The molecule has 5 aromatic carbocycles. The number of methoxy groups -OCH3 is 1. The first-order valence-electron chi connectivity index (χ1n) is 13.4. The van der Waals surface area contributed by atoms with Crippen LogP contribution < -0.4 is 9.47 Å². The standard InChI is InChI=1S/C34H25N3O3/c1-38-31-16-8-15-26-30-20-29(22-10-3-2-4-11-22)35-37(30)34(39-33(26)31)23-17-18-28-27(19-23)32(40-36-28)25-14-7-12-21-9-5-6-13-24(21)25/h2-19,30,34H,20H2,1H3. The fraction of sp³-hybridized carbons (Fsp3) is 0.118. The highest BCUT2D eigenvalue weighted by atomic mass is 16.5. The van der Waals surface area contributed by atoms with Gasteiger partial charge in [-0.3, -0.25) is 0 Å². The molecule has 0 amide bonds. The Balaban J connectivity index is 1.28. The summed E-state index contributed by atoms with van der Waals surface area (Å²) in [5.74, 6) is 2.23. The first-order chi connectivity index (χ1) is 19.8. The van der Waals surface area contributed by atoms with Crippen molar-refractivity contribution in [2.45, 2.75) is 18.7 Å². The lowest BCUT2D eigenvalue weighted by molar-refractivity contribution is -0.0208. The highest BCUT2D eigenvalue weighted by molar-refractivity contribution is 6.03. The van der Waals surface area contributed by atoms with Crippen molar-refractivity contribution in [3.8, 4) is 22.8 Å². The maximum atomic E-state index is 6.72. The Morgan fingerprint density at radius 3 is 2.55 bits per heavy atom. The van der Waals surface area contributed by atoms with Crippen LogP contribution in [0.25, 0.3) is 33.0 Å². The summed E-state index contributed by atoms with van der Waals surface area (Å²) in [6.45, 7) is 0. The summed E-state index contributed by atoms with van der Waals surface area (Å²) in [4.78, 5) is 0. The number of hydrazone groups is 1. The van der Waals surface area contributed by atoms with Gasteiger partial charge in [-0.1, -0.05) is 96.2 Å². The van der Waals surface area contributed by atoms with E-state index >= 15 is 0 Å². The molecule has 0 saturated carbocycles. The highest BCUT2D eigenvalue weighted by Gasteiger charge is 2.42. The molecule has 0 fully saturated rings. The molecule has 3 heterocycles. The van der Waals surface area contributed by atoms with Crippen molar-refractivity contribution in [3.63, 3.8) is 0 Å². The van der Waals surface area contributed by atoms with Crippen molar-refractivity contribution in [2.24, 2.45) is 5.10 Å². The number of ether oxygens (including phenoxy) is 2. The van der Waals surface area contributed by atoms with Crippen molar-refractivity contribution in [3.05, 3.63) is 126 Å². The predicted molar refractivity (Wildman–Crippen MR) is 155 cm³/mol. The van der Waals surface area contributed by atoms with E-state index in [9.17, 15) is 0 Å². The van der Waals surface area contributed by atoms with Crippen LogP contribution in [0.5, 0.6) is 11.5 Å². The highest BCUT2D eigenvalue weighted by Crippen LogP contribution is 2.51. The molecule has 0 bridgehead atoms. The molecule has 0 spiro atoms. The second kappa shape index (κ2) is 8.99. The third-order valence-electron chi connectivity index (χ3n) is 7.93. The van der Waals surface area contributed by atoms with Gasteiger partial charge in [0.05, 0.1) is 24.2 Å². The minimum absolute atomic E-state index is 0.0229. The van der Waals surface area contributed by atoms with E-state index in [1.165, 1.54) is 0 Å². The second-order valence-electron chi connectivity index (χ2n) is 10.2. The molecule has 1 aromatic heterocycles. The molecule has 0 radical (unpaired) electrons. The molecule has 194 valence electrons. The monoisotopic (exact) mass is 523 g/mol. The van der Waals surface area contributed by atoms with Crippen molar-refractivity contribution in [1.82, 2.24) is 10.2 Å². The molecule has 6 heteroatoms. The van der Waals surface area contributed by atoms with E-state index < -0.39 is 6.23 Å². The van der Waals surface area contributed by atoms with Gasteiger partial charge >= 0.3 is 0 Å². The van der Waals surface area contributed by atoms with Gasteiger partial charge < -0.3 is 14.0 Å². The minimum atomic E-state index is -0.449. The third kappa shape index (κ3) is 3.49. The number of benzene rings is 5. The lowest BCUT2D eigenvalue weighted by Crippen LogP contribution is -2.33. The van der Waals surface area contributed by atoms with Crippen LogP contribution in [0.3, 0.4) is 0 Å². The Bertz CT molecular complexity index is 1920. The molecule has 2 unspecified atom stereocenters. The van der Waals surface area contributed by atoms with E-state index in [1.807, 2.05) is 36.4 Å². The fourth-order valence-corrected chi connectivity index (χ4v) is 6.00. The maximum Gasteiger partial charge on any atom is 0.214 e. The number of nitrogens with zero attached hydrogens (tertiary/aromatic N) is 3. The van der Waals surface area contributed by atoms with E-state index in [2.05, 4.69) is 83.0 Å². The zero-order valence-corrected chi connectivity index (χ0v) is 21.8. The number of aromatic nitrogens is 1. The number of para-hydroxylation sites is 1. The zero-order chi connectivity index (χ0) is 26.6. The average molecular weight is 524 g/mol. The van der Waals surface area contributed by atoms with Crippen LogP contribution in [0.2, 0.25) is 0 Å². The molecule has 2 aliphatic heterocycles. The summed E-state index contributed by atoms with van der Waals surface area (Å²) >= 11 is 0. The van der Waals surface area contributed by atoms with E-state index in [0.717, 1.165) is 73.3 Å². The van der Waals surface area contributed by atoms with Crippen molar-refractivity contribution in [2.75, 3.05) is 7.11 Å². The Labute approximate surface area is 231 Å². The molecule has 0 N–H and O–H groups in total. The van der Waals surface area contributed by atoms with Crippen LogP contribution in [-0.2, 0) is 0 Å². The Morgan fingerprint density at radius 1 is 0.825 bits per heavy atom. The first kappa shape index (κ1) is 22.8. The normalized spacial score (nSPS) is 17.8. The van der Waals surface area contributed by atoms with Crippen LogP contribution in [0.15, 0.2) is 119 Å². The maximum absolute atomic E-state index is 6.72. The van der Waals surface area contributed by atoms with Gasteiger partial charge in [0.1, 0.15) is 5.52 Å². The summed E-state index contributed by atoms with van der Waals surface area (Å²) in [5, 5.41) is 14.8. The van der Waals surface area contributed by atoms with E-state index in [1.54, 1.807) is 7.11 Å². The van der Waals surface area contributed by atoms with Crippen LogP contribution in [0.1, 0.15) is 35.4 Å². The largest absolute Gasteiger partial charge is 0.493 e. The summed E-state index contributed by atoms with van der Waals surface area (Å²) in [6, 6.07) is 37.2. The fourth-order valence-electron chi connectivity index (χ4n) is 6.00. The van der Waals surface area contributed by atoms with E-state index in [4.69, 9.17) is 19.1 Å². The van der Waals surface area contributed by atoms with Gasteiger partial charge in [-0.15, -0.1) is 0 Å². The Morgan fingerprint density at radius 2 is 1.65 bits per heavy atom. The molecule has 2 atom stereocenters. The topological polar surface area (TPSA) is 60.1 Å². The zero-order valence-electron chi connectivity index (χ0n) is 21.8. The van der Waals surface area contributed by atoms with Gasteiger partial charge in [-0.2, -0.15) is 5.10 Å². The molecule has 6 nitrogen and oxygen atoms in total. The number of rotatable bonds is 4. The molecule has 0 aliphatic carbocycles. The van der Waals surface area contributed by atoms with Crippen LogP contribution in [0.4, 0.5) is 0 Å². The average Bonchev–Trinajstić information content (AvgIpc) is 3.65. The van der Waals surface area contributed by atoms with Gasteiger partial charge in [-0.05, 0) is 34.5 Å². The van der Waals surface area contributed by atoms with Gasteiger partial charge in [0.25, 0.3) is 0 Å². The Kier molecular flexibility index (Phi) is 5.13. The third-order valence-corrected chi connectivity index (χ3v) is 7.93. The Hall–Kier alpha value is -5.10. The quantitative estimate of drug-likeness (QED) is 0.235. The lowest BCUT2D eigenvalue weighted by atomic mass is 9.95. The molecule has 0 saturated heterocycles. The minimum Gasteiger partial charge on any atom is -0.493 e. The van der Waals surface area contributed by atoms with Crippen molar-refractivity contribution in [1.29, 1.82) is 0 Å². The summed E-state index contributed by atoms with van der Waals surface area (Å²) in [5.41, 5.74) is 6.01. The second-order valence-corrected chi connectivity index (χ2v) is 10.2.